The fourth-order valence-corrected chi connectivity index (χ4v) is 2.86. The first-order valence-electron chi connectivity index (χ1n) is 7.00. The Morgan fingerprint density at radius 3 is 2.63 bits per heavy atom. The van der Waals surface area contributed by atoms with Crippen molar-refractivity contribution in [3.05, 3.63) is 23.8 Å². The summed E-state index contributed by atoms with van der Waals surface area (Å²) in [6, 6.07) is 6.49. The number of ether oxygens (including phenoxy) is 2. The molecule has 1 aliphatic heterocycles. The van der Waals surface area contributed by atoms with Crippen molar-refractivity contribution in [3.63, 3.8) is 0 Å². The van der Waals surface area contributed by atoms with Gasteiger partial charge in [0.25, 0.3) is 0 Å². The van der Waals surface area contributed by atoms with Gasteiger partial charge < -0.3 is 20.1 Å². The van der Waals surface area contributed by atoms with Crippen LogP contribution in [-0.2, 0) is 10.2 Å². The zero-order valence-corrected chi connectivity index (χ0v) is 11.5. The summed E-state index contributed by atoms with van der Waals surface area (Å²) in [4.78, 5) is 2.37. The highest BCUT2D eigenvalue weighted by atomic mass is 16.5. The molecule has 1 aromatic rings. The van der Waals surface area contributed by atoms with Crippen LogP contribution in [0.15, 0.2) is 18.2 Å². The van der Waals surface area contributed by atoms with E-state index < -0.39 is 0 Å². The highest BCUT2D eigenvalue weighted by Crippen LogP contribution is 2.51. The van der Waals surface area contributed by atoms with Crippen LogP contribution in [0.4, 0.5) is 5.69 Å². The van der Waals surface area contributed by atoms with Crippen LogP contribution in [-0.4, -0.2) is 40.0 Å². The van der Waals surface area contributed by atoms with E-state index in [0.717, 1.165) is 32.1 Å². The second-order valence-electron chi connectivity index (χ2n) is 5.47. The lowest BCUT2D eigenvalue weighted by atomic mass is 9.94. The summed E-state index contributed by atoms with van der Waals surface area (Å²) in [5.41, 5.74) is 8.67. The molecule has 0 aromatic heterocycles. The van der Waals surface area contributed by atoms with Crippen molar-refractivity contribution in [1.82, 2.24) is 0 Å². The normalized spacial score (nSPS) is 21.3. The van der Waals surface area contributed by atoms with Gasteiger partial charge in [-0.3, -0.25) is 0 Å². The first-order valence-corrected chi connectivity index (χ1v) is 7.00. The first kappa shape index (κ1) is 12.8. The summed E-state index contributed by atoms with van der Waals surface area (Å²) in [6.45, 7) is 4.24. The van der Waals surface area contributed by atoms with Crippen molar-refractivity contribution in [2.75, 3.05) is 44.9 Å². The maximum atomic E-state index is 5.96. The third kappa shape index (κ3) is 2.30. The Kier molecular flexibility index (Phi) is 3.37. The SMILES string of the molecule is COc1ccc(N2CCOCC2)cc1C1(CN)CC1. The van der Waals surface area contributed by atoms with E-state index in [-0.39, 0.29) is 5.41 Å². The molecule has 0 atom stereocenters. The van der Waals surface area contributed by atoms with Crippen LogP contribution in [0.5, 0.6) is 5.75 Å². The van der Waals surface area contributed by atoms with Crippen LogP contribution < -0.4 is 15.4 Å². The first-order chi connectivity index (χ1) is 9.29. The van der Waals surface area contributed by atoms with E-state index in [1.807, 2.05) is 0 Å². The van der Waals surface area contributed by atoms with Crippen LogP contribution >= 0.6 is 0 Å². The molecular formula is C15H22N2O2. The zero-order valence-electron chi connectivity index (χ0n) is 11.5. The van der Waals surface area contributed by atoms with Gasteiger partial charge in [-0.2, -0.15) is 0 Å². The molecule has 19 heavy (non-hydrogen) atoms. The van der Waals surface area contributed by atoms with Crippen LogP contribution in [0.25, 0.3) is 0 Å². The fourth-order valence-electron chi connectivity index (χ4n) is 2.86. The number of nitrogens with zero attached hydrogens (tertiary/aromatic N) is 1. The molecule has 0 unspecified atom stereocenters. The molecule has 2 fully saturated rings. The summed E-state index contributed by atoms with van der Waals surface area (Å²) in [5, 5.41) is 0. The minimum atomic E-state index is 0.160. The van der Waals surface area contributed by atoms with E-state index in [0.29, 0.717) is 6.54 Å². The summed E-state index contributed by atoms with van der Waals surface area (Å²) in [6.07, 6.45) is 2.35. The van der Waals surface area contributed by atoms with Gasteiger partial charge in [0.15, 0.2) is 0 Å². The Labute approximate surface area is 114 Å². The second kappa shape index (κ2) is 5.02. The molecule has 1 aliphatic carbocycles. The highest BCUT2D eigenvalue weighted by molar-refractivity contribution is 5.57. The van der Waals surface area contributed by atoms with Crippen LogP contribution in [0.1, 0.15) is 18.4 Å². The summed E-state index contributed by atoms with van der Waals surface area (Å²) in [7, 11) is 1.74. The number of benzene rings is 1. The molecule has 0 radical (unpaired) electrons. The summed E-state index contributed by atoms with van der Waals surface area (Å²) < 4.78 is 10.9. The standard InChI is InChI=1S/C15H22N2O2/c1-18-14-3-2-12(17-6-8-19-9-7-17)10-13(14)15(11-16)4-5-15/h2-3,10H,4-9,11,16H2,1H3. The third-order valence-electron chi connectivity index (χ3n) is 4.37. The van der Waals surface area contributed by atoms with Gasteiger partial charge >= 0.3 is 0 Å². The molecule has 1 saturated heterocycles. The number of morpholine rings is 1. The highest BCUT2D eigenvalue weighted by Gasteiger charge is 2.45. The number of rotatable bonds is 4. The average molecular weight is 262 g/mol. The van der Waals surface area contributed by atoms with Gasteiger partial charge in [-0.15, -0.1) is 0 Å². The lowest BCUT2D eigenvalue weighted by Crippen LogP contribution is -2.36. The molecule has 2 aliphatic rings. The van der Waals surface area contributed by atoms with Gasteiger partial charge in [-0.25, -0.2) is 0 Å². The summed E-state index contributed by atoms with van der Waals surface area (Å²) >= 11 is 0. The van der Waals surface area contributed by atoms with Crippen molar-refractivity contribution >= 4 is 5.69 Å². The van der Waals surface area contributed by atoms with Crippen molar-refractivity contribution in [3.8, 4) is 5.75 Å². The lowest BCUT2D eigenvalue weighted by molar-refractivity contribution is 0.122. The number of hydrogen-bond acceptors (Lipinski definition) is 4. The van der Waals surface area contributed by atoms with Crippen molar-refractivity contribution in [2.24, 2.45) is 5.73 Å². The number of anilines is 1. The molecule has 0 amide bonds. The number of hydrogen-bond donors (Lipinski definition) is 1. The molecular weight excluding hydrogens is 240 g/mol. The molecule has 2 N–H and O–H groups in total. The molecule has 1 saturated carbocycles. The van der Waals surface area contributed by atoms with Crippen molar-refractivity contribution < 1.29 is 9.47 Å². The van der Waals surface area contributed by atoms with E-state index in [4.69, 9.17) is 15.2 Å². The van der Waals surface area contributed by atoms with Gasteiger partial charge in [-0.1, -0.05) is 0 Å². The monoisotopic (exact) mass is 262 g/mol. The lowest BCUT2D eigenvalue weighted by Gasteiger charge is -2.30. The van der Waals surface area contributed by atoms with Crippen LogP contribution in [0.2, 0.25) is 0 Å². The third-order valence-corrected chi connectivity index (χ3v) is 4.37. The number of nitrogens with two attached hydrogens (primary N) is 1. The van der Waals surface area contributed by atoms with Crippen molar-refractivity contribution in [1.29, 1.82) is 0 Å². The Bertz CT molecular complexity index is 451. The maximum absolute atomic E-state index is 5.96. The predicted molar refractivity (Wildman–Crippen MR) is 76.0 cm³/mol. The largest absolute Gasteiger partial charge is 0.496 e. The Morgan fingerprint density at radius 2 is 2.05 bits per heavy atom. The number of methoxy groups -OCH3 is 1. The van der Waals surface area contributed by atoms with Gasteiger partial charge in [0, 0.05) is 36.3 Å². The van der Waals surface area contributed by atoms with Crippen molar-refractivity contribution in [2.45, 2.75) is 18.3 Å². The van der Waals surface area contributed by atoms with Crippen LogP contribution in [0.3, 0.4) is 0 Å². The van der Waals surface area contributed by atoms with E-state index in [9.17, 15) is 0 Å². The topological polar surface area (TPSA) is 47.7 Å². The Morgan fingerprint density at radius 1 is 1.32 bits per heavy atom. The van der Waals surface area contributed by atoms with Gasteiger partial charge in [-0.05, 0) is 31.0 Å². The molecule has 0 bridgehead atoms. The quantitative estimate of drug-likeness (QED) is 0.894. The Balaban J connectivity index is 1.92. The minimum Gasteiger partial charge on any atom is -0.496 e. The second-order valence-corrected chi connectivity index (χ2v) is 5.47. The van der Waals surface area contributed by atoms with E-state index in [1.165, 1.54) is 24.1 Å². The van der Waals surface area contributed by atoms with Gasteiger partial charge in [0.1, 0.15) is 5.75 Å². The van der Waals surface area contributed by atoms with E-state index in [1.54, 1.807) is 7.11 Å². The van der Waals surface area contributed by atoms with E-state index >= 15 is 0 Å². The molecule has 4 heteroatoms. The summed E-state index contributed by atoms with van der Waals surface area (Å²) in [5.74, 6) is 0.972. The molecule has 4 nitrogen and oxygen atoms in total. The Hall–Kier alpha value is -1.26. The zero-order chi connectivity index (χ0) is 13.3. The maximum Gasteiger partial charge on any atom is 0.122 e. The molecule has 1 aromatic carbocycles. The average Bonchev–Trinajstić information content (AvgIpc) is 3.28. The smallest absolute Gasteiger partial charge is 0.122 e. The van der Waals surface area contributed by atoms with E-state index in [2.05, 4.69) is 23.1 Å². The molecule has 1 heterocycles. The fraction of sp³-hybridized carbons (Fsp3) is 0.600. The minimum absolute atomic E-state index is 0.160. The van der Waals surface area contributed by atoms with Crippen LogP contribution in [0, 0.1) is 0 Å². The van der Waals surface area contributed by atoms with Gasteiger partial charge in [0.2, 0.25) is 0 Å². The predicted octanol–water partition coefficient (Wildman–Crippen LogP) is 1.52. The molecule has 0 spiro atoms. The van der Waals surface area contributed by atoms with Gasteiger partial charge in [0.05, 0.1) is 20.3 Å². The molecule has 104 valence electrons. The molecule has 3 rings (SSSR count).